The summed E-state index contributed by atoms with van der Waals surface area (Å²) in [6.07, 6.45) is 1.07. The van der Waals surface area contributed by atoms with Crippen LogP contribution in [0.4, 0.5) is 11.4 Å². The number of ether oxygens (including phenoxy) is 2. The second-order valence-electron chi connectivity index (χ2n) is 6.17. The van der Waals surface area contributed by atoms with Gasteiger partial charge in [-0.15, -0.1) is 0 Å². The third-order valence-corrected chi connectivity index (χ3v) is 5.09. The molecule has 2 rings (SSSR count). The van der Waals surface area contributed by atoms with Crippen LogP contribution in [0.2, 0.25) is 0 Å². The predicted octanol–water partition coefficient (Wildman–Crippen LogP) is 2.77. The van der Waals surface area contributed by atoms with Crippen molar-refractivity contribution in [2.45, 2.75) is 18.7 Å². The van der Waals surface area contributed by atoms with Crippen LogP contribution >= 0.6 is 0 Å². The molecule has 1 amide bonds. The van der Waals surface area contributed by atoms with Crippen molar-refractivity contribution in [1.29, 1.82) is 0 Å². The van der Waals surface area contributed by atoms with Gasteiger partial charge in [-0.25, -0.2) is 8.42 Å². The molecule has 0 aromatic heterocycles. The molecule has 2 aromatic carbocycles. The van der Waals surface area contributed by atoms with Gasteiger partial charge >= 0.3 is 0 Å². The number of benzene rings is 2. The first-order chi connectivity index (χ1) is 12.7. The Morgan fingerprint density at radius 2 is 1.70 bits per heavy atom. The van der Waals surface area contributed by atoms with E-state index in [1.165, 1.54) is 20.3 Å². The van der Waals surface area contributed by atoms with Gasteiger partial charge in [0.15, 0.2) is 20.5 Å². The monoisotopic (exact) mass is 392 g/mol. The molecule has 0 radical (unpaired) electrons. The lowest BCUT2D eigenvalue weighted by atomic mass is 10.1. The van der Waals surface area contributed by atoms with Gasteiger partial charge in [-0.1, -0.05) is 17.7 Å². The number of anilines is 2. The van der Waals surface area contributed by atoms with E-state index in [1.54, 1.807) is 6.07 Å². The molecule has 0 aliphatic carbocycles. The Morgan fingerprint density at radius 1 is 1.04 bits per heavy atom. The maximum atomic E-state index is 12.3. The molecular weight excluding hydrogens is 368 g/mol. The zero-order valence-corrected chi connectivity index (χ0v) is 16.9. The zero-order valence-electron chi connectivity index (χ0n) is 16.0. The number of carbonyl (C=O) groups is 1. The molecule has 2 aromatic rings. The molecule has 7 nitrogen and oxygen atoms in total. The van der Waals surface area contributed by atoms with Gasteiger partial charge in [0.1, 0.15) is 5.75 Å². The second-order valence-corrected chi connectivity index (χ2v) is 8.12. The van der Waals surface area contributed by atoms with E-state index in [-0.39, 0.29) is 28.8 Å². The minimum Gasteiger partial charge on any atom is -0.495 e. The SMILES string of the molecule is COc1ccc(NCC(=O)Nc2ccc(C)cc2C)c(OC)c1S(C)(=O)=O. The van der Waals surface area contributed by atoms with E-state index in [1.807, 2.05) is 32.0 Å². The number of hydrogen-bond acceptors (Lipinski definition) is 6. The number of sulfone groups is 1. The molecule has 0 fully saturated rings. The van der Waals surface area contributed by atoms with Crippen molar-refractivity contribution in [2.75, 3.05) is 37.7 Å². The van der Waals surface area contributed by atoms with E-state index in [2.05, 4.69) is 10.6 Å². The lowest BCUT2D eigenvalue weighted by Crippen LogP contribution is -2.22. The summed E-state index contributed by atoms with van der Waals surface area (Å²) in [5, 5.41) is 5.75. The maximum absolute atomic E-state index is 12.3. The van der Waals surface area contributed by atoms with Crippen LogP contribution in [0.25, 0.3) is 0 Å². The molecule has 0 spiro atoms. The maximum Gasteiger partial charge on any atom is 0.243 e. The first-order valence-corrected chi connectivity index (χ1v) is 10.1. The minimum atomic E-state index is -3.60. The van der Waals surface area contributed by atoms with Crippen molar-refractivity contribution in [3.05, 3.63) is 41.5 Å². The summed E-state index contributed by atoms with van der Waals surface area (Å²) in [4.78, 5) is 12.2. The van der Waals surface area contributed by atoms with Gasteiger partial charge < -0.3 is 20.1 Å². The largest absolute Gasteiger partial charge is 0.495 e. The highest BCUT2D eigenvalue weighted by Crippen LogP contribution is 2.39. The highest BCUT2D eigenvalue weighted by Gasteiger charge is 2.23. The lowest BCUT2D eigenvalue weighted by molar-refractivity contribution is -0.114. The number of nitrogens with one attached hydrogen (secondary N) is 2. The van der Waals surface area contributed by atoms with Crippen LogP contribution in [-0.4, -0.2) is 41.3 Å². The Labute approximate surface area is 159 Å². The number of carbonyl (C=O) groups excluding carboxylic acids is 1. The fourth-order valence-electron chi connectivity index (χ4n) is 2.72. The Bertz CT molecular complexity index is 955. The molecule has 0 unspecified atom stereocenters. The standard InChI is InChI=1S/C19H24N2O5S/c1-12-6-7-14(13(2)10-12)21-17(22)11-20-15-8-9-16(25-3)19(18(15)26-4)27(5,23)24/h6-10,20H,11H2,1-5H3,(H,21,22). The molecule has 0 heterocycles. The third kappa shape index (κ3) is 4.91. The molecule has 8 heteroatoms. The Balaban J connectivity index is 2.21. The quantitative estimate of drug-likeness (QED) is 0.753. The number of methoxy groups -OCH3 is 2. The highest BCUT2D eigenvalue weighted by atomic mass is 32.2. The lowest BCUT2D eigenvalue weighted by Gasteiger charge is -2.17. The van der Waals surface area contributed by atoms with Crippen LogP contribution in [0.1, 0.15) is 11.1 Å². The Morgan fingerprint density at radius 3 is 2.26 bits per heavy atom. The van der Waals surface area contributed by atoms with Gasteiger partial charge in [-0.3, -0.25) is 4.79 Å². The molecule has 0 saturated heterocycles. The van der Waals surface area contributed by atoms with E-state index in [0.717, 1.165) is 23.1 Å². The number of rotatable bonds is 7. The molecule has 0 atom stereocenters. The summed E-state index contributed by atoms with van der Waals surface area (Å²) in [5.41, 5.74) is 3.19. The highest BCUT2D eigenvalue weighted by molar-refractivity contribution is 7.91. The molecule has 146 valence electrons. The zero-order chi connectivity index (χ0) is 20.2. The fraction of sp³-hybridized carbons (Fsp3) is 0.316. The molecule has 27 heavy (non-hydrogen) atoms. The van der Waals surface area contributed by atoms with Gasteiger partial charge in [0.2, 0.25) is 5.91 Å². The molecule has 0 aliphatic heterocycles. The first kappa shape index (κ1) is 20.6. The van der Waals surface area contributed by atoms with Crippen LogP contribution in [-0.2, 0) is 14.6 Å². The van der Waals surface area contributed by atoms with Crippen molar-refractivity contribution >= 4 is 27.1 Å². The normalized spacial score (nSPS) is 11.0. The number of amides is 1. The van der Waals surface area contributed by atoms with Crippen LogP contribution in [0.15, 0.2) is 35.2 Å². The summed E-state index contributed by atoms with van der Waals surface area (Å²) in [5.74, 6) is 0.0246. The third-order valence-electron chi connectivity index (χ3n) is 3.97. The van der Waals surface area contributed by atoms with E-state index in [9.17, 15) is 13.2 Å². The van der Waals surface area contributed by atoms with Gasteiger partial charge in [0.25, 0.3) is 0 Å². The van der Waals surface area contributed by atoms with Crippen LogP contribution in [0.5, 0.6) is 11.5 Å². The molecule has 0 aliphatic rings. The van der Waals surface area contributed by atoms with Crippen molar-refractivity contribution in [3.8, 4) is 11.5 Å². The van der Waals surface area contributed by atoms with Gasteiger partial charge in [-0.2, -0.15) is 0 Å². The Kier molecular flexibility index (Phi) is 6.32. The summed E-state index contributed by atoms with van der Waals surface area (Å²) in [6, 6.07) is 8.87. The molecule has 0 saturated carbocycles. The summed E-state index contributed by atoms with van der Waals surface area (Å²) >= 11 is 0. The van der Waals surface area contributed by atoms with E-state index >= 15 is 0 Å². The first-order valence-electron chi connectivity index (χ1n) is 8.23. The summed E-state index contributed by atoms with van der Waals surface area (Å²) in [6.45, 7) is 3.84. The number of hydrogen-bond donors (Lipinski definition) is 2. The fourth-order valence-corrected chi connectivity index (χ4v) is 3.77. The van der Waals surface area contributed by atoms with E-state index in [4.69, 9.17) is 9.47 Å². The summed E-state index contributed by atoms with van der Waals surface area (Å²) in [7, 11) is -0.850. The second kappa shape index (κ2) is 8.30. The van der Waals surface area contributed by atoms with E-state index in [0.29, 0.717) is 5.69 Å². The topological polar surface area (TPSA) is 93.7 Å². The van der Waals surface area contributed by atoms with Crippen molar-refractivity contribution in [1.82, 2.24) is 0 Å². The van der Waals surface area contributed by atoms with Gasteiger partial charge in [0, 0.05) is 11.9 Å². The van der Waals surface area contributed by atoms with Crippen LogP contribution < -0.4 is 20.1 Å². The van der Waals surface area contributed by atoms with Crippen molar-refractivity contribution in [3.63, 3.8) is 0 Å². The Hall–Kier alpha value is -2.74. The van der Waals surface area contributed by atoms with Crippen molar-refractivity contribution < 1.29 is 22.7 Å². The van der Waals surface area contributed by atoms with Crippen molar-refractivity contribution in [2.24, 2.45) is 0 Å². The van der Waals surface area contributed by atoms with Gasteiger partial charge in [0.05, 0.1) is 26.5 Å². The molecule has 2 N–H and O–H groups in total. The number of aryl methyl sites for hydroxylation is 2. The molecule has 0 bridgehead atoms. The summed E-state index contributed by atoms with van der Waals surface area (Å²) < 4.78 is 34.6. The molecular formula is C19H24N2O5S. The van der Waals surface area contributed by atoms with Crippen LogP contribution in [0.3, 0.4) is 0 Å². The average molecular weight is 392 g/mol. The smallest absolute Gasteiger partial charge is 0.243 e. The van der Waals surface area contributed by atoms with Gasteiger partial charge in [-0.05, 0) is 37.6 Å². The van der Waals surface area contributed by atoms with E-state index < -0.39 is 9.84 Å². The van der Waals surface area contributed by atoms with Crippen LogP contribution in [0, 0.1) is 13.8 Å². The minimum absolute atomic E-state index is 0.0563. The average Bonchev–Trinajstić information content (AvgIpc) is 2.60. The predicted molar refractivity (Wildman–Crippen MR) is 106 cm³/mol.